The molecule has 4 rings (SSSR count). The first-order chi connectivity index (χ1) is 18.7. The number of benzene rings is 3. The average molecular weight is 632 g/mol. The second-order valence-corrected chi connectivity index (χ2v) is 13.0. The first-order valence-electron chi connectivity index (χ1n) is 12.9. The first-order valence-corrected chi connectivity index (χ1v) is 15.7. The Bertz CT molecular complexity index is 1440. The molecule has 1 aliphatic heterocycles. The van der Waals surface area contributed by atoms with Gasteiger partial charge in [-0.3, -0.25) is 4.79 Å². The fourth-order valence-electron chi connectivity index (χ4n) is 4.38. The molecule has 0 saturated carbocycles. The van der Waals surface area contributed by atoms with E-state index < -0.39 is 10.0 Å². The molecule has 1 amide bonds. The molecule has 1 aliphatic rings. The van der Waals surface area contributed by atoms with Crippen molar-refractivity contribution in [2.75, 3.05) is 13.1 Å². The third-order valence-electron chi connectivity index (χ3n) is 6.77. The number of nitrogens with one attached hydrogen (secondary N) is 1. The fraction of sp³-hybridized carbons (Fsp3) is 0.300. The molecule has 206 valence electrons. The van der Waals surface area contributed by atoms with E-state index in [1.54, 1.807) is 28.6 Å². The quantitative estimate of drug-likeness (QED) is 0.257. The van der Waals surface area contributed by atoms with Gasteiger partial charge in [-0.25, -0.2) is 12.7 Å². The number of piperidine rings is 1. The summed E-state index contributed by atoms with van der Waals surface area (Å²) < 4.78 is 34.6. The molecule has 1 saturated heterocycles. The minimum Gasteiger partial charge on any atom is -0.488 e. The van der Waals surface area contributed by atoms with Gasteiger partial charge in [-0.2, -0.15) is 0 Å². The third-order valence-corrected chi connectivity index (χ3v) is 9.61. The number of nitrogens with zero attached hydrogens (tertiary/aromatic N) is 1. The SMILES string of the molecule is CC1CCN(S(=O)(=O)Cc2ccccc2CNC(=O)/C=C/c2cc(Cl)ccc2OCc2ccccc2Br)CC1. The van der Waals surface area contributed by atoms with Crippen LogP contribution in [0.5, 0.6) is 5.75 Å². The number of amides is 1. The first kappa shape index (κ1) is 29.3. The van der Waals surface area contributed by atoms with Gasteiger partial charge in [0, 0.05) is 46.3 Å². The molecule has 3 aromatic carbocycles. The number of carbonyl (C=O) groups is 1. The van der Waals surface area contributed by atoms with Crippen LogP contribution in [0.25, 0.3) is 6.08 Å². The standard InChI is InChI=1S/C30H32BrClN2O4S/c1-22-14-16-34(17-15-22)39(36,37)21-26-8-3-2-6-24(26)19-33-30(35)13-10-23-18-27(32)11-12-29(23)38-20-25-7-4-5-9-28(25)31/h2-13,18,22H,14-17,19-21H2,1H3,(H,33,35)/b13-10+. The Balaban J connectivity index is 1.38. The molecular formula is C30H32BrClN2O4S. The molecule has 0 atom stereocenters. The van der Waals surface area contributed by atoms with Crippen molar-refractivity contribution in [2.24, 2.45) is 5.92 Å². The van der Waals surface area contributed by atoms with Gasteiger partial charge in [-0.1, -0.05) is 76.9 Å². The average Bonchev–Trinajstić information content (AvgIpc) is 2.91. The van der Waals surface area contributed by atoms with Gasteiger partial charge in [0.15, 0.2) is 0 Å². The van der Waals surface area contributed by atoms with E-state index in [9.17, 15) is 13.2 Å². The molecule has 39 heavy (non-hydrogen) atoms. The second kappa shape index (κ2) is 13.6. The lowest BCUT2D eigenvalue weighted by atomic mass is 10.0. The van der Waals surface area contributed by atoms with Gasteiger partial charge < -0.3 is 10.1 Å². The van der Waals surface area contributed by atoms with Crippen molar-refractivity contribution in [3.63, 3.8) is 0 Å². The van der Waals surface area contributed by atoms with E-state index in [-0.39, 0.29) is 18.2 Å². The van der Waals surface area contributed by atoms with Crippen LogP contribution in [0.2, 0.25) is 5.02 Å². The van der Waals surface area contributed by atoms with Crippen molar-refractivity contribution >= 4 is 49.5 Å². The number of halogens is 2. The van der Waals surface area contributed by atoms with Gasteiger partial charge in [0.25, 0.3) is 0 Å². The van der Waals surface area contributed by atoms with Crippen LogP contribution in [0, 0.1) is 5.92 Å². The molecule has 0 aliphatic carbocycles. The lowest BCUT2D eigenvalue weighted by Crippen LogP contribution is -2.38. The van der Waals surface area contributed by atoms with Gasteiger partial charge in [-0.15, -0.1) is 0 Å². The van der Waals surface area contributed by atoms with Crippen molar-refractivity contribution < 1.29 is 17.9 Å². The maximum atomic E-state index is 13.0. The number of hydrogen-bond acceptors (Lipinski definition) is 4. The van der Waals surface area contributed by atoms with Crippen molar-refractivity contribution in [3.8, 4) is 5.75 Å². The number of ether oxygens (including phenoxy) is 1. The normalized spacial score (nSPS) is 14.9. The van der Waals surface area contributed by atoms with Crippen molar-refractivity contribution in [1.82, 2.24) is 9.62 Å². The molecular weight excluding hydrogens is 600 g/mol. The van der Waals surface area contributed by atoms with E-state index in [4.69, 9.17) is 16.3 Å². The zero-order valence-corrected chi connectivity index (χ0v) is 24.9. The summed E-state index contributed by atoms with van der Waals surface area (Å²) in [6.07, 6.45) is 4.84. The summed E-state index contributed by atoms with van der Waals surface area (Å²) in [7, 11) is -3.43. The number of rotatable bonds is 10. The fourth-order valence-corrected chi connectivity index (χ4v) is 6.58. The third kappa shape index (κ3) is 8.42. The van der Waals surface area contributed by atoms with Crippen LogP contribution in [0.3, 0.4) is 0 Å². The van der Waals surface area contributed by atoms with Gasteiger partial charge in [-0.05, 0) is 60.2 Å². The summed E-state index contributed by atoms with van der Waals surface area (Å²) in [6, 6.07) is 20.4. The highest BCUT2D eigenvalue weighted by molar-refractivity contribution is 9.10. The molecule has 0 bridgehead atoms. The molecule has 1 N–H and O–H groups in total. The predicted octanol–water partition coefficient (Wildman–Crippen LogP) is 6.57. The van der Waals surface area contributed by atoms with E-state index in [0.29, 0.717) is 47.5 Å². The molecule has 3 aromatic rings. The maximum absolute atomic E-state index is 13.0. The monoisotopic (exact) mass is 630 g/mol. The van der Waals surface area contributed by atoms with Crippen LogP contribution in [0.15, 0.2) is 77.3 Å². The highest BCUT2D eigenvalue weighted by Crippen LogP contribution is 2.27. The van der Waals surface area contributed by atoms with E-state index >= 15 is 0 Å². The smallest absolute Gasteiger partial charge is 0.244 e. The topological polar surface area (TPSA) is 75.7 Å². The van der Waals surface area contributed by atoms with Crippen LogP contribution < -0.4 is 10.1 Å². The van der Waals surface area contributed by atoms with Crippen LogP contribution in [0.1, 0.15) is 42.0 Å². The molecule has 1 heterocycles. The molecule has 1 fully saturated rings. The van der Waals surface area contributed by atoms with Crippen LogP contribution in [-0.2, 0) is 33.7 Å². The van der Waals surface area contributed by atoms with E-state index in [0.717, 1.165) is 28.4 Å². The molecule has 9 heteroatoms. The van der Waals surface area contributed by atoms with Crippen LogP contribution >= 0.6 is 27.5 Å². The minimum absolute atomic E-state index is 0.0794. The van der Waals surface area contributed by atoms with Gasteiger partial charge >= 0.3 is 0 Å². The minimum atomic E-state index is -3.43. The Morgan fingerprint density at radius 3 is 2.44 bits per heavy atom. The van der Waals surface area contributed by atoms with Crippen molar-refractivity contribution in [1.29, 1.82) is 0 Å². The zero-order valence-electron chi connectivity index (χ0n) is 21.8. The molecule has 0 unspecified atom stereocenters. The Morgan fingerprint density at radius 2 is 1.72 bits per heavy atom. The lowest BCUT2D eigenvalue weighted by molar-refractivity contribution is -0.116. The summed E-state index contributed by atoms with van der Waals surface area (Å²) in [5, 5.41) is 3.40. The van der Waals surface area contributed by atoms with E-state index in [1.807, 2.05) is 48.5 Å². The Kier molecular flexibility index (Phi) is 10.2. The van der Waals surface area contributed by atoms with E-state index in [1.165, 1.54) is 6.08 Å². The van der Waals surface area contributed by atoms with Crippen LogP contribution in [0.4, 0.5) is 0 Å². The van der Waals surface area contributed by atoms with Crippen molar-refractivity contribution in [3.05, 3.63) is 105 Å². The summed E-state index contributed by atoms with van der Waals surface area (Å²) >= 11 is 9.72. The lowest BCUT2D eigenvalue weighted by Gasteiger charge is -2.29. The zero-order chi connectivity index (χ0) is 27.8. The highest BCUT2D eigenvalue weighted by atomic mass is 79.9. The van der Waals surface area contributed by atoms with Gasteiger partial charge in [0.05, 0.1) is 5.75 Å². The summed E-state index contributed by atoms with van der Waals surface area (Å²) in [4.78, 5) is 12.7. The van der Waals surface area contributed by atoms with Gasteiger partial charge in [0.1, 0.15) is 12.4 Å². The summed E-state index contributed by atoms with van der Waals surface area (Å²) in [5.74, 6) is 0.758. The molecule has 0 spiro atoms. The predicted molar refractivity (Wildman–Crippen MR) is 160 cm³/mol. The summed E-state index contributed by atoms with van der Waals surface area (Å²) in [5.41, 5.74) is 3.13. The van der Waals surface area contributed by atoms with Crippen molar-refractivity contribution in [2.45, 2.75) is 38.7 Å². The highest BCUT2D eigenvalue weighted by Gasteiger charge is 2.27. The summed E-state index contributed by atoms with van der Waals surface area (Å²) in [6.45, 7) is 3.84. The number of hydrogen-bond donors (Lipinski definition) is 1. The maximum Gasteiger partial charge on any atom is 0.244 e. The Morgan fingerprint density at radius 1 is 1.05 bits per heavy atom. The molecule has 6 nitrogen and oxygen atoms in total. The molecule has 0 aromatic heterocycles. The molecule has 0 radical (unpaired) electrons. The number of sulfonamides is 1. The largest absolute Gasteiger partial charge is 0.488 e. The second-order valence-electron chi connectivity index (χ2n) is 9.72. The van der Waals surface area contributed by atoms with E-state index in [2.05, 4.69) is 28.2 Å². The number of carbonyl (C=O) groups excluding carboxylic acids is 1. The Labute approximate surface area is 244 Å². The van der Waals surface area contributed by atoms with Crippen LogP contribution in [-0.4, -0.2) is 31.7 Å². The Hall–Kier alpha value is -2.65. The van der Waals surface area contributed by atoms with Gasteiger partial charge in [0.2, 0.25) is 15.9 Å².